The van der Waals surface area contributed by atoms with Gasteiger partial charge in [0.1, 0.15) is 12.2 Å². The Labute approximate surface area is 108 Å². The molecule has 1 rings (SSSR count). The zero-order valence-corrected chi connectivity index (χ0v) is 11.1. The van der Waals surface area contributed by atoms with E-state index in [1.807, 2.05) is 6.92 Å². The van der Waals surface area contributed by atoms with E-state index in [4.69, 9.17) is 9.47 Å². The molecule has 5 heteroatoms. The van der Waals surface area contributed by atoms with E-state index in [1.165, 1.54) is 0 Å². The summed E-state index contributed by atoms with van der Waals surface area (Å²) in [4.78, 5) is 22.5. The molecule has 0 bridgehead atoms. The highest BCUT2D eigenvalue weighted by atomic mass is 16.6. The van der Waals surface area contributed by atoms with Crippen LogP contribution in [0.25, 0.3) is 0 Å². The number of hydrogen-bond acceptors (Lipinski definition) is 4. The minimum atomic E-state index is -0.453. The molecule has 1 fully saturated rings. The summed E-state index contributed by atoms with van der Waals surface area (Å²) in [6.07, 6.45) is 3.56. The van der Waals surface area contributed by atoms with Crippen molar-refractivity contribution in [1.29, 1.82) is 0 Å². The monoisotopic (exact) mass is 255 g/mol. The van der Waals surface area contributed by atoms with Crippen molar-refractivity contribution in [2.45, 2.75) is 45.1 Å². The Morgan fingerprint density at radius 3 is 2.50 bits per heavy atom. The molecule has 5 nitrogen and oxygen atoms in total. The quantitative estimate of drug-likeness (QED) is 0.464. The van der Waals surface area contributed by atoms with Crippen LogP contribution in [0, 0.1) is 0 Å². The molecule has 0 unspecified atom stereocenters. The Morgan fingerprint density at radius 2 is 1.94 bits per heavy atom. The van der Waals surface area contributed by atoms with Gasteiger partial charge >= 0.3 is 12.1 Å². The molecule has 0 aromatic heterocycles. The van der Waals surface area contributed by atoms with Crippen LogP contribution in [0.4, 0.5) is 4.79 Å². The first-order valence-electron chi connectivity index (χ1n) is 6.22. The minimum absolute atomic E-state index is 0.123. The zero-order valence-electron chi connectivity index (χ0n) is 11.1. The second-order valence-corrected chi connectivity index (χ2v) is 4.89. The number of nitrogens with one attached hydrogen (secondary N) is 1. The third-order valence-corrected chi connectivity index (χ3v) is 2.95. The van der Waals surface area contributed by atoms with E-state index in [0.717, 1.165) is 25.7 Å². The van der Waals surface area contributed by atoms with E-state index in [1.54, 1.807) is 6.92 Å². The largest absolute Gasteiger partial charge is 0.460 e. The van der Waals surface area contributed by atoms with Crippen molar-refractivity contribution >= 4 is 12.1 Å². The number of amides is 1. The maximum atomic E-state index is 11.5. The molecule has 102 valence electrons. The summed E-state index contributed by atoms with van der Waals surface area (Å²) in [6.45, 7) is 7.35. The van der Waals surface area contributed by atoms with Crippen molar-refractivity contribution in [3.63, 3.8) is 0 Å². The van der Waals surface area contributed by atoms with Gasteiger partial charge < -0.3 is 14.8 Å². The summed E-state index contributed by atoms with van der Waals surface area (Å²) < 4.78 is 10.2. The second-order valence-electron chi connectivity index (χ2n) is 4.89. The van der Waals surface area contributed by atoms with Crippen LogP contribution in [-0.4, -0.2) is 30.8 Å². The van der Waals surface area contributed by atoms with Crippen LogP contribution < -0.4 is 5.32 Å². The third kappa shape index (κ3) is 4.77. The zero-order chi connectivity index (χ0) is 13.6. The van der Waals surface area contributed by atoms with Gasteiger partial charge in [0.05, 0.1) is 6.54 Å². The van der Waals surface area contributed by atoms with Crippen LogP contribution in [0.2, 0.25) is 0 Å². The van der Waals surface area contributed by atoms with Crippen LogP contribution in [0.5, 0.6) is 0 Å². The number of hydrogen-bond donors (Lipinski definition) is 1. The Hall–Kier alpha value is -1.52. The van der Waals surface area contributed by atoms with E-state index in [0.29, 0.717) is 5.57 Å². The average Bonchev–Trinajstić information content (AvgIpc) is 2.70. The smallest absolute Gasteiger partial charge is 0.407 e. The molecule has 0 aliphatic heterocycles. The predicted octanol–water partition coefficient (Wildman–Crippen LogP) is 2.16. The lowest BCUT2D eigenvalue weighted by Crippen LogP contribution is -2.36. The van der Waals surface area contributed by atoms with Crippen LogP contribution in [0.1, 0.15) is 39.5 Å². The maximum absolute atomic E-state index is 11.5. The first-order chi connectivity index (χ1) is 8.43. The number of carbonyl (C=O) groups is 2. The summed E-state index contributed by atoms with van der Waals surface area (Å²) in [5, 5.41) is 2.56. The lowest BCUT2D eigenvalue weighted by molar-refractivity contribution is -0.138. The Balaban J connectivity index is 2.14. The van der Waals surface area contributed by atoms with Crippen LogP contribution >= 0.6 is 0 Å². The molecule has 1 amide bonds. The number of alkyl carbamates (subject to hydrolysis) is 1. The van der Waals surface area contributed by atoms with Crippen molar-refractivity contribution < 1.29 is 19.1 Å². The van der Waals surface area contributed by atoms with Gasteiger partial charge in [-0.1, -0.05) is 6.58 Å². The molecule has 0 radical (unpaired) electrons. The predicted molar refractivity (Wildman–Crippen MR) is 67.1 cm³/mol. The van der Waals surface area contributed by atoms with Gasteiger partial charge in [-0.25, -0.2) is 9.59 Å². The molecular weight excluding hydrogens is 234 g/mol. The lowest BCUT2D eigenvalue weighted by atomic mass is 10.1. The molecule has 1 aliphatic rings. The molecule has 0 atom stereocenters. The first kappa shape index (κ1) is 14.5. The summed E-state index contributed by atoms with van der Waals surface area (Å²) in [6, 6.07) is 0. The standard InChI is InChI=1S/C13H21NO4/c1-10(2)11(15)17-9-8-14-12(16)18-13(3)6-4-5-7-13/h1,4-9H2,2-3H3,(H,14,16). The molecule has 1 aliphatic carbocycles. The SMILES string of the molecule is C=C(C)C(=O)OCCNC(=O)OC1(C)CCCC1. The fourth-order valence-corrected chi connectivity index (χ4v) is 1.90. The van der Waals surface area contributed by atoms with Crippen molar-refractivity contribution in [2.24, 2.45) is 0 Å². The van der Waals surface area contributed by atoms with Crippen molar-refractivity contribution in [3.8, 4) is 0 Å². The summed E-state index contributed by atoms with van der Waals surface area (Å²) in [5.41, 5.74) is 0.00870. The van der Waals surface area contributed by atoms with E-state index in [9.17, 15) is 9.59 Å². The van der Waals surface area contributed by atoms with Gasteiger partial charge in [0.2, 0.25) is 0 Å². The Morgan fingerprint density at radius 1 is 1.33 bits per heavy atom. The summed E-state index contributed by atoms with van der Waals surface area (Å²) in [7, 11) is 0. The Bertz CT molecular complexity index is 332. The number of ether oxygens (including phenoxy) is 2. The van der Waals surface area contributed by atoms with Crippen LogP contribution in [-0.2, 0) is 14.3 Å². The first-order valence-corrected chi connectivity index (χ1v) is 6.22. The van der Waals surface area contributed by atoms with Gasteiger partial charge in [0, 0.05) is 5.57 Å². The topological polar surface area (TPSA) is 64.6 Å². The molecule has 18 heavy (non-hydrogen) atoms. The van der Waals surface area contributed by atoms with E-state index in [-0.39, 0.29) is 18.8 Å². The van der Waals surface area contributed by atoms with Crippen molar-refractivity contribution in [1.82, 2.24) is 5.32 Å². The Kier molecular flexibility index (Phi) is 5.19. The molecule has 1 saturated carbocycles. The van der Waals surface area contributed by atoms with E-state index in [2.05, 4.69) is 11.9 Å². The van der Waals surface area contributed by atoms with Gasteiger partial charge in [-0.05, 0) is 39.5 Å². The maximum Gasteiger partial charge on any atom is 0.407 e. The fourth-order valence-electron chi connectivity index (χ4n) is 1.90. The van der Waals surface area contributed by atoms with Crippen molar-refractivity contribution in [2.75, 3.05) is 13.2 Å². The van der Waals surface area contributed by atoms with Gasteiger partial charge in [-0.3, -0.25) is 0 Å². The highest BCUT2D eigenvalue weighted by Gasteiger charge is 2.32. The average molecular weight is 255 g/mol. The minimum Gasteiger partial charge on any atom is -0.460 e. The van der Waals surface area contributed by atoms with Crippen molar-refractivity contribution in [3.05, 3.63) is 12.2 Å². The summed E-state index contributed by atoms with van der Waals surface area (Å²) >= 11 is 0. The normalized spacial score (nSPS) is 17.0. The number of rotatable bonds is 5. The fraction of sp³-hybridized carbons (Fsp3) is 0.692. The van der Waals surface area contributed by atoms with Gasteiger partial charge in [-0.15, -0.1) is 0 Å². The molecule has 0 heterocycles. The van der Waals surface area contributed by atoms with Gasteiger partial charge in [-0.2, -0.15) is 0 Å². The highest BCUT2D eigenvalue weighted by Crippen LogP contribution is 2.32. The highest BCUT2D eigenvalue weighted by molar-refractivity contribution is 5.86. The van der Waals surface area contributed by atoms with Gasteiger partial charge in [0.25, 0.3) is 0 Å². The van der Waals surface area contributed by atoms with E-state index < -0.39 is 12.1 Å². The number of carbonyl (C=O) groups excluding carboxylic acids is 2. The summed E-state index contributed by atoms with van der Waals surface area (Å²) in [5.74, 6) is -0.451. The number of esters is 1. The molecule has 0 aromatic rings. The molecule has 0 spiro atoms. The molecule has 0 saturated heterocycles. The lowest BCUT2D eigenvalue weighted by Gasteiger charge is -2.24. The van der Waals surface area contributed by atoms with Gasteiger partial charge in [0.15, 0.2) is 0 Å². The molecule has 0 aromatic carbocycles. The molecule has 1 N–H and O–H groups in total. The van der Waals surface area contributed by atoms with Crippen LogP contribution in [0.3, 0.4) is 0 Å². The van der Waals surface area contributed by atoms with E-state index >= 15 is 0 Å². The van der Waals surface area contributed by atoms with Crippen LogP contribution in [0.15, 0.2) is 12.2 Å². The molecular formula is C13H21NO4. The third-order valence-electron chi connectivity index (χ3n) is 2.95. The second kappa shape index (κ2) is 6.42.